The van der Waals surface area contributed by atoms with Gasteiger partial charge in [-0.3, -0.25) is 4.68 Å². The lowest BCUT2D eigenvalue weighted by atomic mass is 9.94. The van der Waals surface area contributed by atoms with Crippen molar-refractivity contribution >= 4 is 6.03 Å². The Morgan fingerprint density at radius 3 is 2.86 bits per heavy atom. The molecule has 0 aliphatic heterocycles. The first kappa shape index (κ1) is 16.5. The third kappa shape index (κ3) is 4.87. The molecule has 1 aromatic heterocycles. The van der Waals surface area contributed by atoms with Crippen LogP contribution in [0.1, 0.15) is 30.9 Å². The van der Waals surface area contributed by atoms with Gasteiger partial charge < -0.3 is 15.5 Å². The number of likely N-dealkylation sites (N-methyl/N-ethyl adjacent to an activating group) is 1. The number of hydrogen-bond acceptors (Lipinski definition) is 3. The third-order valence-corrected chi connectivity index (χ3v) is 4.12. The van der Waals surface area contributed by atoms with Crippen molar-refractivity contribution in [1.29, 1.82) is 0 Å². The molecule has 0 radical (unpaired) electrons. The van der Waals surface area contributed by atoms with Crippen LogP contribution in [-0.4, -0.2) is 47.9 Å². The van der Waals surface area contributed by atoms with Gasteiger partial charge in [-0.25, -0.2) is 4.79 Å². The molecule has 0 unspecified atom stereocenters. The highest BCUT2D eigenvalue weighted by Gasteiger charge is 2.17. The summed E-state index contributed by atoms with van der Waals surface area (Å²) in [4.78, 5) is 14.1. The molecule has 6 heteroatoms. The molecule has 122 valence electrons. The summed E-state index contributed by atoms with van der Waals surface area (Å²) in [5, 5.41) is 10.1. The number of rotatable bonds is 6. The number of carbonyl (C=O) groups is 1. The number of allylic oxidation sites excluding steroid dienone is 2. The quantitative estimate of drug-likeness (QED) is 0.786. The Labute approximate surface area is 132 Å². The Kier molecular flexibility index (Phi) is 6.00. The van der Waals surface area contributed by atoms with Gasteiger partial charge in [-0.15, -0.1) is 0 Å². The van der Waals surface area contributed by atoms with Gasteiger partial charge in [0.2, 0.25) is 0 Å². The van der Waals surface area contributed by atoms with Crippen LogP contribution >= 0.6 is 0 Å². The molecule has 0 spiro atoms. The van der Waals surface area contributed by atoms with Crippen molar-refractivity contribution in [2.75, 3.05) is 27.2 Å². The van der Waals surface area contributed by atoms with E-state index in [-0.39, 0.29) is 12.1 Å². The Morgan fingerprint density at radius 2 is 2.27 bits per heavy atom. The van der Waals surface area contributed by atoms with Crippen molar-refractivity contribution in [3.05, 3.63) is 30.1 Å². The minimum absolute atomic E-state index is 0.0923. The van der Waals surface area contributed by atoms with Gasteiger partial charge in [0, 0.05) is 31.9 Å². The molecule has 2 rings (SSSR count). The molecule has 0 fully saturated rings. The van der Waals surface area contributed by atoms with Crippen LogP contribution in [0.25, 0.3) is 0 Å². The summed E-state index contributed by atoms with van der Waals surface area (Å²) in [5.74, 6) is 0.568. The van der Waals surface area contributed by atoms with Crippen LogP contribution in [0.4, 0.5) is 4.79 Å². The molecule has 2 N–H and O–H groups in total. The van der Waals surface area contributed by atoms with E-state index in [2.05, 4.69) is 32.8 Å². The Bertz CT molecular complexity index is 508. The van der Waals surface area contributed by atoms with E-state index < -0.39 is 0 Å². The van der Waals surface area contributed by atoms with Crippen LogP contribution in [0.5, 0.6) is 0 Å². The second-order valence-electron chi connectivity index (χ2n) is 6.17. The molecule has 0 saturated carbocycles. The monoisotopic (exact) mass is 305 g/mol. The molecule has 1 aliphatic carbocycles. The zero-order chi connectivity index (χ0) is 15.9. The average molecular weight is 305 g/mol. The maximum absolute atomic E-state index is 12.0. The highest BCUT2D eigenvalue weighted by Crippen LogP contribution is 2.17. The summed E-state index contributed by atoms with van der Waals surface area (Å²) < 4.78 is 1.78. The number of nitrogens with one attached hydrogen (secondary N) is 2. The zero-order valence-corrected chi connectivity index (χ0v) is 13.7. The van der Waals surface area contributed by atoms with Gasteiger partial charge in [-0.05, 0) is 39.3 Å². The number of amides is 2. The molecule has 0 aromatic carbocycles. The lowest BCUT2D eigenvalue weighted by Crippen LogP contribution is -2.42. The van der Waals surface area contributed by atoms with Gasteiger partial charge in [0.1, 0.15) is 0 Å². The van der Waals surface area contributed by atoms with Crippen LogP contribution in [-0.2, 0) is 7.05 Å². The van der Waals surface area contributed by atoms with Crippen molar-refractivity contribution in [2.24, 2.45) is 13.0 Å². The minimum Gasteiger partial charge on any atom is -0.338 e. The lowest BCUT2D eigenvalue weighted by molar-refractivity contribution is 0.230. The minimum atomic E-state index is -0.0923. The normalized spacial score (nSPS) is 19.2. The molecule has 1 aromatic rings. The van der Waals surface area contributed by atoms with Crippen molar-refractivity contribution in [3.63, 3.8) is 0 Å². The standard InChI is InChI=1S/C16H27N5O/c1-20(2)15(14-10-19-21(3)12-14)11-18-16(22)17-9-13-7-5-4-6-8-13/h4-5,10,12-13,15H,6-9,11H2,1-3H3,(H2,17,18,22)/t13-,15+/m1/s1. The lowest BCUT2D eigenvalue weighted by Gasteiger charge is -2.24. The molecule has 0 bridgehead atoms. The van der Waals surface area contributed by atoms with E-state index in [0.29, 0.717) is 12.5 Å². The van der Waals surface area contributed by atoms with Crippen LogP contribution < -0.4 is 10.6 Å². The second kappa shape index (κ2) is 7.98. The van der Waals surface area contributed by atoms with E-state index >= 15 is 0 Å². The highest BCUT2D eigenvalue weighted by molar-refractivity contribution is 5.73. The van der Waals surface area contributed by atoms with E-state index in [1.807, 2.05) is 33.5 Å². The first-order chi connectivity index (χ1) is 10.6. The molecule has 22 heavy (non-hydrogen) atoms. The smallest absolute Gasteiger partial charge is 0.314 e. The molecule has 0 saturated heterocycles. The maximum atomic E-state index is 12.0. The van der Waals surface area contributed by atoms with Gasteiger partial charge in [-0.2, -0.15) is 5.10 Å². The van der Waals surface area contributed by atoms with Gasteiger partial charge in [0.15, 0.2) is 0 Å². The number of aromatic nitrogens is 2. The van der Waals surface area contributed by atoms with Crippen molar-refractivity contribution < 1.29 is 4.79 Å². The molecular weight excluding hydrogens is 278 g/mol. The molecule has 2 amide bonds. The number of hydrogen-bond donors (Lipinski definition) is 2. The SMILES string of the molecule is CN(C)[C@@H](CNC(=O)NC[C@@H]1CC=CCC1)c1cnn(C)c1. The fourth-order valence-corrected chi connectivity index (χ4v) is 2.74. The number of nitrogens with zero attached hydrogens (tertiary/aromatic N) is 3. The topological polar surface area (TPSA) is 62.2 Å². The first-order valence-corrected chi connectivity index (χ1v) is 7.88. The maximum Gasteiger partial charge on any atom is 0.314 e. The van der Waals surface area contributed by atoms with E-state index in [0.717, 1.165) is 31.4 Å². The predicted octanol–water partition coefficient (Wildman–Crippen LogP) is 1.68. The first-order valence-electron chi connectivity index (χ1n) is 7.88. The van der Waals surface area contributed by atoms with Crippen LogP contribution in [0.2, 0.25) is 0 Å². The van der Waals surface area contributed by atoms with Gasteiger partial charge in [0.05, 0.1) is 12.2 Å². The highest BCUT2D eigenvalue weighted by atomic mass is 16.2. The van der Waals surface area contributed by atoms with E-state index in [1.54, 1.807) is 4.68 Å². The van der Waals surface area contributed by atoms with Gasteiger partial charge in [-0.1, -0.05) is 12.2 Å². The summed E-state index contributed by atoms with van der Waals surface area (Å²) in [6, 6.07) is 0.0300. The summed E-state index contributed by atoms with van der Waals surface area (Å²) in [7, 11) is 5.91. The van der Waals surface area contributed by atoms with Crippen LogP contribution in [0.3, 0.4) is 0 Å². The fraction of sp³-hybridized carbons (Fsp3) is 0.625. The third-order valence-electron chi connectivity index (χ3n) is 4.12. The molecule has 2 atom stereocenters. The second-order valence-corrected chi connectivity index (χ2v) is 6.17. The average Bonchev–Trinajstić information content (AvgIpc) is 2.92. The van der Waals surface area contributed by atoms with E-state index in [9.17, 15) is 4.79 Å². The summed E-state index contributed by atoms with van der Waals surface area (Å²) in [5.41, 5.74) is 1.10. The Morgan fingerprint density at radius 1 is 1.45 bits per heavy atom. The number of aryl methyl sites for hydroxylation is 1. The van der Waals surface area contributed by atoms with Crippen molar-refractivity contribution in [2.45, 2.75) is 25.3 Å². The van der Waals surface area contributed by atoms with Gasteiger partial charge >= 0.3 is 6.03 Å². The van der Waals surface area contributed by atoms with Crippen LogP contribution in [0, 0.1) is 5.92 Å². The number of carbonyl (C=O) groups excluding carboxylic acids is 1. The van der Waals surface area contributed by atoms with E-state index in [1.165, 1.54) is 0 Å². The molecule has 6 nitrogen and oxygen atoms in total. The van der Waals surface area contributed by atoms with Crippen molar-refractivity contribution in [1.82, 2.24) is 25.3 Å². The summed E-state index contributed by atoms with van der Waals surface area (Å²) in [6.45, 7) is 1.31. The Balaban J connectivity index is 1.76. The molecule has 1 heterocycles. The van der Waals surface area contributed by atoms with E-state index in [4.69, 9.17) is 0 Å². The number of urea groups is 1. The van der Waals surface area contributed by atoms with Gasteiger partial charge in [0.25, 0.3) is 0 Å². The van der Waals surface area contributed by atoms with Crippen LogP contribution in [0.15, 0.2) is 24.5 Å². The summed E-state index contributed by atoms with van der Waals surface area (Å²) >= 11 is 0. The van der Waals surface area contributed by atoms with Crippen molar-refractivity contribution in [3.8, 4) is 0 Å². The summed E-state index contributed by atoms with van der Waals surface area (Å²) in [6.07, 6.45) is 11.6. The molecular formula is C16H27N5O. The Hall–Kier alpha value is -1.82. The predicted molar refractivity (Wildman–Crippen MR) is 87.5 cm³/mol. The largest absolute Gasteiger partial charge is 0.338 e. The fourth-order valence-electron chi connectivity index (χ4n) is 2.74. The molecule has 1 aliphatic rings. The zero-order valence-electron chi connectivity index (χ0n) is 13.7.